The normalized spacial score (nSPS) is 15.4. The summed E-state index contributed by atoms with van der Waals surface area (Å²) in [4.78, 5) is 42.0. The van der Waals surface area contributed by atoms with E-state index in [0.717, 1.165) is 21.9 Å². The molecule has 2 aromatic carbocycles. The topological polar surface area (TPSA) is 104 Å². The number of fused-ring (bicyclic) bond motifs is 1. The number of sulfonamides is 1. The number of rotatable bonds is 9. The predicted octanol–water partition coefficient (Wildman–Crippen LogP) is 3.65. The highest BCUT2D eigenvalue weighted by atomic mass is 35.5. The van der Waals surface area contributed by atoms with Crippen LogP contribution < -0.4 is 4.72 Å². The fourth-order valence-corrected chi connectivity index (χ4v) is 5.87. The van der Waals surface area contributed by atoms with E-state index >= 15 is 0 Å². The van der Waals surface area contributed by atoms with Gasteiger partial charge in [-0.1, -0.05) is 41.9 Å². The van der Waals surface area contributed by atoms with E-state index in [2.05, 4.69) is 0 Å². The Hall–Kier alpha value is -2.95. The molecule has 1 aliphatic rings. The van der Waals surface area contributed by atoms with Gasteiger partial charge >= 0.3 is 0 Å². The number of carbonyl (C=O) groups excluding carboxylic acids is 3. The van der Waals surface area contributed by atoms with Crippen molar-refractivity contribution in [2.45, 2.75) is 31.8 Å². The average Bonchev–Trinajstić information content (AvgIpc) is 3.21. The average molecular weight is 548 g/mol. The Morgan fingerprint density at radius 1 is 1.17 bits per heavy atom. The van der Waals surface area contributed by atoms with E-state index in [1.54, 1.807) is 28.0 Å². The smallest absolute Gasteiger partial charge is 0.256 e. The molecule has 0 spiro atoms. The minimum atomic E-state index is -3.64. The number of nitrogens with zero attached hydrogens (tertiary/aromatic N) is 2. The van der Waals surface area contributed by atoms with Gasteiger partial charge in [0.15, 0.2) is 0 Å². The van der Waals surface area contributed by atoms with Gasteiger partial charge in [0.25, 0.3) is 5.91 Å². The van der Waals surface area contributed by atoms with E-state index in [0.29, 0.717) is 23.6 Å². The lowest BCUT2D eigenvalue weighted by Crippen LogP contribution is -2.59. The molecule has 1 N–H and O–H groups in total. The molecule has 190 valence electrons. The molecule has 8 nitrogen and oxygen atoms in total. The zero-order valence-corrected chi connectivity index (χ0v) is 22.0. The molecule has 0 saturated carbocycles. The van der Waals surface area contributed by atoms with E-state index < -0.39 is 22.0 Å². The first-order valence-electron chi connectivity index (χ1n) is 11.4. The van der Waals surface area contributed by atoms with Crippen molar-refractivity contribution in [1.82, 2.24) is 14.5 Å². The molecule has 2 heterocycles. The second-order valence-electron chi connectivity index (χ2n) is 8.74. The summed E-state index contributed by atoms with van der Waals surface area (Å²) >= 11 is 7.62. The first-order chi connectivity index (χ1) is 17.1. The highest BCUT2D eigenvalue weighted by molar-refractivity contribution is 7.89. The van der Waals surface area contributed by atoms with E-state index in [9.17, 15) is 22.8 Å². The fraction of sp³-hybridized carbons (Fsp3) is 0.320. The Labute approximate surface area is 218 Å². The number of hydrogen-bond donors (Lipinski definition) is 1. The summed E-state index contributed by atoms with van der Waals surface area (Å²) in [6.45, 7) is 0.969. The van der Waals surface area contributed by atoms with Gasteiger partial charge in [-0.2, -0.15) is 0 Å². The van der Waals surface area contributed by atoms with Crippen molar-refractivity contribution in [2.75, 3.05) is 19.3 Å². The van der Waals surface area contributed by atoms with Crippen LogP contribution >= 0.6 is 22.9 Å². The number of likely N-dealkylation sites (tertiary alicyclic amines) is 1. The summed E-state index contributed by atoms with van der Waals surface area (Å²) in [6.07, 6.45) is 1.68. The SMILES string of the molecule is CS(=O)(=O)NC(=O)CCCN(Cc1cccc(Cl)c1)C(=O)C1CCN1C(=O)c1csc2ccccc12. The number of benzene rings is 2. The molecule has 11 heteroatoms. The highest BCUT2D eigenvalue weighted by Crippen LogP contribution is 2.30. The van der Waals surface area contributed by atoms with Gasteiger partial charge in [0.2, 0.25) is 21.8 Å². The molecular formula is C25H26ClN3O5S2. The lowest BCUT2D eigenvalue weighted by atomic mass is 9.98. The fourth-order valence-electron chi connectivity index (χ4n) is 4.21. The van der Waals surface area contributed by atoms with Crippen molar-refractivity contribution in [3.63, 3.8) is 0 Å². The van der Waals surface area contributed by atoms with Gasteiger partial charge in [-0.05, 0) is 36.6 Å². The van der Waals surface area contributed by atoms with E-state index in [4.69, 9.17) is 11.6 Å². The standard InChI is InChI=1S/C25H26ClN3O5S2/c1-36(33,34)27-23(30)10-5-12-28(15-17-6-4-7-18(26)14-17)25(32)21-11-13-29(21)24(31)20-16-35-22-9-3-2-8-19(20)22/h2-4,6-9,14,16,21H,5,10-13,15H2,1H3,(H,27,30). The largest absolute Gasteiger partial charge is 0.337 e. The minimum Gasteiger partial charge on any atom is -0.337 e. The third-order valence-corrected chi connectivity index (χ3v) is 7.78. The lowest BCUT2D eigenvalue weighted by Gasteiger charge is -2.42. The minimum absolute atomic E-state index is 0.0550. The Kier molecular flexibility index (Phi) is 7.97. The molecule has 3 amide bonds. The van der Waals surface area contributed by atoms with Crippen LogP contribution in [0.15, 0.2) is 53.9 Å². The van der Waals surface area contributed by atoms with Crippen molar-refractivity contribution >= 4 is 60.8 Å². The molecule has 1 fully saturated rings. The number of nitrogens with one attached hydrogen (secondary N) is 1. The van der Waals surface area contributed by atoms with E-state index in [1.165, 1.54) is 11.3 Å². The molecule has 4 rings (SSSR count). The Morgan fingerprint density at radius 3 is 2.64 bits per heavy atom. The van der Waals surface area contributed by atoms with Crippen LogP contribution in [-0.4, -0.2) is 61.3 Å². The number of hydrogen-bond acceptors (Lipinski definition) is 6. The summed E-state index contributed by atoms with van der Waals surface area (Å²) in [5.74, 6) is -1.01. The highest BCUT2D eigenvalue weighted by Gasteiger charge is 2.40. The van der Waals surface area contributed by atoms with Crippen LogP contribution in [0.2, 0.25) is 5.02 Å². The Balaban J connectivity index is 1.48. The quantitative estimate of drug-likeness (QED) is 0.440. The molecule has 1 atom stereocenters. The van der Waals surface area contributed by atoms with Crippen LogP contribution in [0.1, 0.15) is 35.2 Å². The van der Waals surface area contributed by atoms with Gasteiger partial charge in [-0.15, -0.1) is 11.3 Å². The third-order valence-electron chi connectivity index (χ3n) is 5.98. The molecule has 1 saturated heterocycles. The summed E-state index contributed by atoms with van der Waals surface area (Å²) in [6, 6.07) is 14.2. The zero-order chi connectivity index (χ0) is 25.9. The molecule has 1 unspecified atom stereocenters. The Bertz CT molecular complexity index is 1410. The summed E-state index contributed by atoms with van der Waals surface area (Å²) < 4.78 is 25.5. The van der Waals surface area contributed by atoms with Crippen molar-refractivity contribution in [2.24, 2.45) is 0 Å². The summed E-state index contributed by atoms with van der Waals surface area (Å²) in [5.41, 5.74) is 1.41. The van der Waals surface area contributed by atoms with Crippen LogP contribution in [0.3, 0.4) is 0 Å². The van der Waals surface area contributed by atoms with Gasteiger partial charge in [0.05, 0.1) is 11.8 Å². The summed E-state index contributed by atoms with van der Waals surface area (Å²) in [7, 11) is -3.64. The molecule has 0 radical (unpaired) electrons. The van der Waals surface area contributed by atoms with Crippen LogP contribution in [0.25, 0.3) is 10.1 Å². The molecule has 1 aromatic heterocycles. The van der Waals surface area contributed by atoms with E-state index in [1.807, 2.05) is 40.4 Å². The van der Waals surface area contributed by atoms with Gasteiger partial charge in [-0.3, -0.25) is 19.1 Å². The van der Waals surface area contributed by atoms with E-state index in [-0.39, 0.29) is 37.7 Å². The maximum atomic E-state index is 13.6. The van der Waals surface area contributed by atoms with Crippen molar-refractivity contribution in [1.29, 1.82) is 0 Å². The van der Waals surface area contributed by atoms with Gasteiger partial charge in [0, 0.05) is 46.5 Å². The molecule has 3 aromatic rings. The number of carbonyl (C=O) groups is 3. The van der Waals surface area contributed by atoms with Crippen LogP contribution in [0.5, 0.6) is 0 Å². The zero-order valence-electron chi connectivity index (χ0n) is 19.6. The van der Waals surface area contributed by atoms with Crippen molar-refractivity contribution in [3.8, 4) is 0 Å². The van der Waals surface area contributed by atoms with Gasteiger partial charge in [0.1, 0.15) is 6.04 Å². The van der Waals surface area contributed by atoms with Crippen molar-refractivity contribution in [3.05, 3.63) is 70.1 Å². The van der Waals surface area contributed by atoms with Gasteiger partial charge < -0.3 is 9.80 Å². The summed E-state index contributed by atoms with van der Waals surface area (Å²) in [5, 5.41) is 3.24. The molecular weight excluding hydrogens is 522 g/mol. The second-order valence-corrected chi connectivity index (χ2v) is 11.8. The van der Waals surface area contributed by atoms with Crippen molar-refractivity contribution < 1.29 is 22.8 Å². The van der Waals surface area contributed by atoms with Gasteiger partial charge in [-0.25, -0.2) is 8.42 Å². The first kappa shape index (κ1) is 26.1. The molecule has 1 aliphatic heterocycles. The van der Waals surface area contributed by atoms with Crippen LogP contribution in [-0.2, 0) is 26.2 Å². The number of halogens is 1. The van der Waals surface area contributed by atoms with Crippen LogP contribution in [0, 0.1) is 0 Å². The Morgan fingerprint density at radius 2 is 1.94 bits per heavy atom. The first-order valence-corrected chi connectivity index (χ1v) is 14.6. The second kappa shape index (κ2) is 11.0. The predicted molar refractivity (Wildman–Crippen MR) is 140 cm³/mol. The molecule has 36 heavy (non-hydrogen) atoms. The third kappa shape index (κ3) is 6.24. The molecule has 0 aliphatic carbocycles. The maximum Gasteiger partial charge on any atom is 0.256 e. The maximum absolute atomic E-state index is 13.6. The monoisotopic (exact) mass is 547 g/mol. The number of thiophene rings is 1. The number of amides is 3. The molecule has 0 bridgehead atoms. The lowest BCUT2D eigenvalue weighted by molar-refractivity contribution is -0.140. The van der Waals surface area contributed by atoms with Crippen LogP contribution in [0.4, 0.5) is 0 Å².